The van der Waals surface area contributed by atoms with Crippen molar-refractivity contribution >= 4 is 11.8 Å². The van der Waals surface area contributed by atoms with E-state index < -0.39 is 0 Å². The predicted molar refractivity (Wildman–Crippen MR) is 93.1 cm³/mol. The summed E-state index contributed by atoms with van der Waals surface area (Å²) in [5.74, 6) is 2.41. The topological polar surface area (TPSA) is 71.1 Å². The van der Waals surface area contributed by atoms with Gasteiger partial charge in [0.05, 0.1) is 0 Å². The highest BCUT2D eigenvalue weighted by Crippen LogP contribution is 2.34. The molecule has 3 atom stereocenters. The van der Waals surface area contributed by atoms with Gasteiger partial charge in [0.1, 0.15) is 6.04 Å². The van der Waals surface area contributed by atoms with E-state index in [1.54, 1.807) is 23.1 Å². The van der Waals surface area contributed by atoms with Gasteiger partial charge < -0.3 is 24.6 Å². The van der Waals surface area contributed by atoms with Crippen molar-refractivity contribution in [1.82, 2.24) is 15.1 Å². The molecule has 1 aromatic rings. The maximum Gasteiger partial charge on any atom is 0.254 e. The molecule has 4 aliphatic rings. The molecule has 0 radical (unpaired) electrons. The van der Waals surface area contributed by atoms with Crippen LogP contribution in [-0.2, 0) is 4.79 Å². The van der Waals surface area contributed by atoms with Gasteiger partial charge in [-0.15, -0.1) is 0 Å². The predicted octanol–water partition coefficient (Wildman–Crippen LogP) is 0.698. The van der Waals surface area contributed by atoms with Crippen molar-refractivity contribution in [3.8, 4) is 11.5 Å². The van der Waals surface area contributed by atoms with Crippen LogP contribution in [-0.4, -0.2) is 67.2 Å². The Morgan fingerprint density at radius 2 is 1.85 bits per heavy atom. The Morgan fingerprint density at radius 3 is 2.65 bits per heavy atom. The molecule has 5 rings (SSSR count). The van der Waals surface area contributed by atoms with Gasteiger partial charge in [0.2, 0.25) is 12.7 Å². The summed E-state index contributed by atoms with van der Waals surface area (Å²) in [5.41, 5.74) is 0.552. The summed E-state index contributed by atoms with van der Waals surface area (Å²) in [6.07, 6.45) is 1.62. The van der Waals surface area contributed by atoms with Gasteiger partial charge in [0, 0.05) is 38.3 Å². The zero-order valence-corrected chi connectivity index (χ0v) is 14.6. The molecule has 4 heterocycles. The zero-order chi connectivity index (χ0) is 17.7. The van der Waals surface area contributed by atoms with Crippen molar-refractivity contribution < 1.29 is 19.1 Å². The fourth-order valence-corrected chi connectivity index (χ4v) is 4.71. The Hall–Kier alpha value is -2.28. The van der Waals surface area contributed by atoms with Gasteiger partial charge in [-0.1, -0.05) is 0 Å². The maximum atomic E-state index is 13.1. The highest BCUT2D eigenvalue weighted by atomic mass is 16.7. The van der Waals surface area contributed by atoms with Gasteiger partial charge in [-0.2, -0.15) is 0 Å². The Bertz CT molecular complexity index is 740. The molecular weight excluding hydrogens is 334 g/mol. The molecule has 7 nitrogen and oxygen atoms in total. The molecule has 138 valence electrons. The first-order valence-electron chi connectivity index (χ1n) is 9.41. The number of nitrogens with one attached hydrogen (secondary N) is 1. The Morgan fingerprint density at radius 1 is 1.08 bits per heavy atom. The quantitative estimate of drug-likeness (QED) is 0.844. The second-order valence-electron chi connectivity index (χ2n) is 7.65. The van der Waals surface area contributed by atoms with Crippen LogP contribution in [0.15, 0.2) is 18.2 Å². The monoisotopic (exact) mass is 357 g/mol. The van der Waals surface area contributed by atoms with E-state index >= 15 is 0 Å². The van der Waals surface area contributed by atoms with E-state index in [9.17, 15) is 9.59 Å². The number of hydrogen-bond acceptors (Lipinski definition) is 5. The molecule has 0 aliphatic carbocycles. The van der Waals surface area contributed by atoms with Crippen molar-refractivity contribution in [3.05, 3.63) is 23.8 Å². The zero-order valence-electron chi connectivity index (χ0n) is 14.6. The summed E-state index contributed by atoms with van der Waals surface area (Å²) in [4.78, 5) is 29.8. The molecule has 3 saturated heterocycles. The van der Waals surface area contributed by atoms with Crippen molar-refractivity contribution in [1.29, 1.82) is 0 Å². The van der Waals surface area contributed by atoms with Crippen LogP contribution >= 0.6 is 0 Å². The summed E-state index contributed by atoms with van der Waals surface area (Å²) >= 11 is 0. The number of rotatable bonds is 2. The molecule has 1 N–H and O–H groups in total. The molecule has 26 heavy (non-hydrogen) atoms. The SMILES string of the molecule is O=C(C1CCCN1C(=O)c1ccc2c(c1)OCO2)N1C[C@H]2CNC[C@H]2C1. The molecular formula is C19H23N3O4. The lowest BCUT2D eigenvalue weighted by molar-refractivity contribution is -0.134. The van der Waals surface area contributed by atoms with Crippen LogP contribution in [0.4, 0.5) is 0 Å². The van der Waals surface area contributed by atoms with Crippen molar-refractivity contribution in [2.75, 3.05) is 39.5 Å². The lowest BCUT2D eigenvalue weighted by Crippen LogP contribution is -2.47. The van der Waals surface area contributed by atoms with Crippen molar-refractivity contribution in [2.45, 2.75) is 18.9 Å². The van der Waals surface area contributed by atoms with Crippen LogP contribution in [0.2, 0.25) is 0 Å². The van der Waals surface area contributed by atoms with E-state index in [0.717, 1.165) is 39.0 Å². The number of amides is 2. The fraction of sp³-hybridized carbons (Fsp3) is 0.579. The molecule has 3 fully saturated rings. The van der Waals surface area contributed by atoms with E-state index in [0.29, 0.717) is 35.4 Å². The first-order chi connectivity index (χ1) is 12.7. The number of nitrogens with zero attached hydrogens (tertiary/aromatic N) is 2. The molecule has 4 aliphatic heterocycles. The smallest absolute Gasteiger partial charge is 0.254 e. The van der Waals surface area contributed by atoms with Crippen LogP contribution in [0.3, 0.4) is 0 Å². The fourth-order valence-electron chi connectivity index (χ4n) is 4.71. The maximum absolute atomic E-state index is 13.1. The highest BCUT2D eigenvalue weighted by molar-refractivity contribution is 5.98. The van der Waals surface area contributed by atoms with Gasteiger partial charge in [0.25, 0.3) is 5.91 Å². The number of ether oxygens (including phenoxy) is 2. The van der Waals surface area contributed by atoms with Crippen molar-refractivity contribution in [3.63, 3.8) is 0 Å². The molecule has 1 unspecified atom stereocenters. The number of benzene rings is 1. The number of likely N-dealkylation sites (tertiary alicyclic amines) is 2. The number of carbonyl (C=O) groups is 2. The summed E-state index contributed by atoms with van der Waals surface area (Å²) in [5, 5.41) is 3.40. The second-order valence-corrected chi connectivity index (χ2v) is 7.65. The van der Waals surface area contributed by atoms with Crippen LogP contribution in [0.25, 0.3) is 0 Å². The van der Waals surface area contributed by atoms with Crippen LogP contribution in [0.5, 0.6) is 11.5 Å². The summed E-state index contributed by atoms with van der Waals surface area (Å²) in [6.45, 7) is 4.45. The minimum absolute atomic E-state index is 0.0970. The lowest BCUT2D eigenvalue weighted by Gasteiger charge is -2.28. The number of carbonyl (C=O) groups excluding carboxylic acids is 2. The van der Waals surface area contributed by atoms with E-state index in [2.05, 4.69) is 5.32 Å². The number of fused-ring (bicyclic) bond motifs is 2. The molecule has 2 amide bonds. The van der Waals surface area contributed by atoms with E-state index in [1.807, 2.05) is 4.90 Å². The summed E-state index contributed by atoms with van der Waals surface area (Å²) in [6, 6.07) is 4.90. The van der Waals surface area contributed by atoms with E-state index in [1.165, 1.54) is 0 Å². The standard InChI is InChI=1S/C19H23N3O4/c23-18(12-3-4-16-17(6-12)26-11-25-16)22-5-1-2-15(22)19(24)21-9-13-7-20-8-14(13)10-21/h3-4,6,13-15,20H,1-2,5,7-11H2/t13-,14+,15?. The molecule has 7 heteroatoms. The summed E-state index contributed by atoms with van der Waals surface area (Å²) in [7, 11) is 0. The van der Waals surface area contributed by atoms with Gasteiger partial charge in [-0.25, -0.2) is 0 Å². The first-order valence-corrected chi connectivity index (χ1v) is 9.41. The average molecular weight is 357 g/mol. The highest BCUT2D eigenvalue weighted by Gasteiger charge is 2.43. The molecule has 0 bridgehead atoms. The van der Waals surface area contributed by atoms with Crippen molar-refractivity contribution in [2.24, 2.45) is 11.8 Å². The van der Waals surface area contributed by atoms with Gasteiger partial charge in [0.15, 0.2) is 11.5 Å². The summed E-state index contributed by atoms with van der Waals surface area (Å²) < 4.78 is 10.7. The van der Waals surface area contributed by atoms with E-state index in [4.69, 9.17) is 9.47 Å². The third-order valence-electron chi connectivity index (χ3n) is 6.12. The van der Waals surface area contributed by atoms with Gasteiger partial charge in [-0.3, -0.25) is 9.59 Å². The minimum Gasteiger partial charge on any atom is -0.454 e. The third kappa shape index (κ3) is 2.53. The van der Waals surface area contributed by atoms with Gasteiger partial charge in [-0.05, 0) is 42.9 Å². The molecule has 0 spiro atoms. The number of hydrogen-bond donors (Lipinski definition) is 1. The molecule has 1 aromatic carbocycles. The minimum atomic E-state index is -0.334. The largest absolute Gasteiger partial charge is 0.454 e. The van der Waals surface area contributed by atoms with E-state index in [-0.39, 0.29) is 24.6 Å². The first kappa shape index (κ1) is 15.9. The Balaban J connectivity index is 1.32. The lowest BCUT2D eigenvalue weighted by atomic mass is 10.0. The van der Waals surface area contributed by atoms with Gasteiger partial charge >= 0.3 is 0 Å². The molecule has 0 aromatic heterocycles. The van der Waals surface area contributed by atoms with Crippen LogP contribution in [0.1, 0.15) is 23.2 Å². The average Bonchev–Trinajstić information content (AvgIpc) is 3.42. The molecule has 0 saturated carbocycles. The Kier molecular flexibility index (Phi) is 3.77. The van der Waals surface area contributed by atoms with Crippen LogP contribution < -0.4 is 14.8 Å². The normalized spacial score (nSPS) is 29.3. The van der Waals surface area contributed by atoms with Crippen LogP contribution in [0, 0.1) is 11.8 Å². The second kappa shape index (κ2) is 6.16. The Labute approximate surface area is 152 Å². The third-order valence-corrected chi connectivity index (χ3v) is 6.12.